The zero-order valence-corrected chi connectivity index (χ0v) is 10.5. The van der Waals surface area contributed by atoms with Crippen molar-refractivity contribution in [3.8, 4) is 0 Å². The maximum Gasteiger partial charge on any atom is 0.500 e. The molecule has 0 saturated carbocycles. The van der Waals surface area contributed by atoms with Crippen molar-refractivity contribution in [2.45, 2.75) is 18.9 Å². The highest BCUT2D eigenvalue weighted by atomic mass is 28.4. The van der Waals surface area contributed by atoms with E-state index in [2.05, 4.69) is 6.58 Å². The maximum atomic E-state index is 5.24. The van der Waals surface area contributed by atoms with Crippen molar-refractivity contribution in [1.29, 1.82) is 0 Å². The van der Waals surface area contributed by atoms with E-state index in [4.69, 9.17) is 13.3 Å². The van der Waals surface area contributed by atoms with Crippen LogP contribution in [0.3, 0.4) is 0 Å². The van der Waals surface area contributed by atoms with Crippen LogP contribution in [0, 0.1) is 0 Å². The molecule has 0 spiro atoms. The lowest BCUT2D eigenvalue weighted by molar-refractivity contribution is 0.123. The maximum absolute atomic E-state index is 5.24. The molecule has 0 radical (unpaired) electrons. The van der Waals surface area contributed by atoms with E-state index >= 15 is 0 Å². The number of rotatable bonds is 7. The Hall–Kier alpha value is -0.243. The second-order valence-electron chi connectivity index (χ2n) is 2.48. The molecule has 0 aromatic heterocycles. The van der Waals surface area contributed by atoms with Gasteiger partial charge in [0.1, 0.15) is 0 Å². The predicted molar refractivity (Wildman–Crippen MR) is 61.1 cm³/mol. The Kier molecular flexibility index (Phi) is 15.0. The van der Waals surface area contributed by atoms with Crippen molar-refractivity contribution in [2.24, 2.45) is 0 Å². The topological polar surface area (TPSA) is 97.7 Å². The number of hydrogen-bond acceptors (Lipinski definition) is 5. The molecule has 14 heavy (non-hydrogen) atoms. The Morgan fingerprint density at radius 1 is 1.07 bits per heavy atom. The van der Waals surface area contributed by atoms with Gasteiger partial charge in [-0.05, 0) is 12.8 Å². The minimum absolute atomic E-state index is 0. The van der Waals surface area contributed by atoms with Crippen LogP contribution in [0.5, 0.6) is 0 Å². The summed E-state index contributed by atoms with van der Waals surface area (Å²) in [6.07, 6.45) is 3.87. The van der Waals surface area contributed by atoms with E-state index in [-0.39, 0.29) is 12.3 Å². The van der Waals surface area contributed by atoms with Crippen LogP contribution in [-0.4, -0.2) is 30.1 Å². The minimum Gasteiger partial charge on any atom is -0.377 e. The van der Waals surface area contributed by atoms with Gasteiger partial charge in [0.25, 0.3) is 0 Å². The summed E-state index contributed by atoms with van der Waals surface area (Å²) in [7, 11) is 2.59. The van der Waals surface area contributed by atoms with Crippen LogP contribution in [0.15, 0.2) is 12.7 Å². The van der Waals surface area contributed by atoms with Gasteiger partial charge < -0.3 is 25.6 Å². The summed E-state index contributed by atoms with van der Waals surface area (Å²) in [5.74, 6) is 0. The van der Waals surface area contributed by atoms with E-state index < -0.39 is 8.80 Å². The molecule has 6 N–H and O–H groups in total. The van der Waals surface area contributed by atoms with Crippen molar-refractivity contribution in [2.75, 3.05) is 21.3 Å². The van der Waals surface area contributed by atoms with Crippen molar-refractivity contribution < 1.29 is 13.3 Å². The van der Waals surface area contributed by atoms with Gasteiger partial charge in [-0.15, -0.1) is 6.58 Å². The second-order valence-corrected chi connectivity index (χ2v) is 5.57. The predicted octanol–water partition coefficient (Wildman–Crippen LogP) is 2.15. The van der Waals surface area contributed by atoms with Crippen LogP contribution < -0.4 is 12.3 Å². The van der Waals surface area contributed by atoms with E-state index in [1.165, 1.54) is 0 Å². The molecule has 0 aliphatic heterocycles. The molecule has 0 unspecified atom stereocenters. The van der Waals surface area contributed by atoms with Gasteiger partial charge in [-0.2, -0.15) is 0 Å². The summed E-state index contributed by atoms with van der Waals surface area (Å²) in [6.45, 7) is 3.65. The molecule has 88 valence electrons. The van der Waals surface area contributed by atoms with Gasteiger partial charge in [0.15, 0.2) is 0 Å². The number of allylic oxidation sites excluding steroid dienone is 1. The third-order valence-corrected chi connectivity index (χ3v) is 4.66. The molecule has 0 bridgehead atoms. The Morgan fingerprint density at radius 2 is 1.50 bits per heavy atom. The molecule has 0 rings (SSSR count). The van der Waals surface area contributed by atoms with Crippen molar-refractivity contribution in [3.05, 3.63) is 12.7 Å². The molecule has 0 aliphatic carbocycles. The lowest BCUT2D eigenvalue weighted by Gasteiger charge is -2.23. The number of unbranched alkanes of at least 4 members (excludes halogenated alkanes) is 1. The van der Waals surface area contributed by atoms with E-state index in [1.807, 2.05) is 6.08 Å². The molecular formula is C8H24N2O3Si. The third-order valence-electron chi connectivity index (χ3n) is 1.82. The second kappa shape index (κ2) is 10.8. The van der Waals surface area contributed by atoms with Crippen molar-refractivity contribution in [3.63, 3.8) is 0 Å². The van der Waals surface area contributed by atoms with Gasteiger partial charge in [-0.25, -0.2) is 0 Å². The normalized spacial score (nSPS) is 9.93. The first-order valence-corrected chi connectivity index (χ1v) is 5.94. The molecule has 0 amide bonds. The largest absolute Gasteiger partial charge is 0.500 e. The first-order valence-electron chi connectivity index (χ1n) is 4.01. The van der Waals surface area contributed by atoms with Gasteiger partial charge in [0, 0.05) is 27.4 Å². The average molecular weight is 224 g/mol. The SMILES string of the molecule is C=CCCC[Si](OC)(OC)OC.N.N. The summed E-state index contributed by atoms with van der Waals surface area (Å²) in [6, 6.07) is 0.850. The lowest BCUT2D eigenvalue weighted by atomic mass is 10.3. The van der Waals surface area contributed by atoms with Gasteiger partial charge in [0.2, 0.25) is 0 Å². The van der Waals surface area contributed by atoms with Crippen LogP contribution in [0.2, 0.25) is 6.04 Å². The highest BCUT2D eigenvalue weighted by Crippen LogP contribution is 2.15. The minimum atomic E-state index is -2.30. The fourth-order valence-electron chi connectivity index (χ4n) is 1.02. The van der Waals surface area contributed by atoms with Crippen molar-refractivity contribution in [1.82, 2.24) is 12.3 Å². The highest BCUT2D eigenvalue weighted by Gasteiger charge is 2.36. The zero-order chi connectivity index (χ0) is 9.45. The van der Waals surface area contributed by atoms with Gasteiger partial charge in [-0.1, -0.05) is 6.08 Å². The molecule has 0 atom stereocenters. The average Bonchev–Trinajstić information content (AvgIpc) is 2.14. The van der Waals surface area contributed by atoms with Crippen LogP contribution in [0.25, 0.3) is 0 Å². The van der Waals surface area contributed by atoms with Crippen LogP contribution in [0.4, 0.5) is 0 Å². The summed E-state index contributed by atoms with van der Waals surface area (Å²) in [5, 5.41) is 0. The molecule has 0 saturated heterocycles. The monoisotopic (exact) mass is 224 g/mol. The summed E-state index contributed by atoms with van der Waals surface area (Å²) in [4.78, 5) is 0. The fraction of sp³-hybridized carbons (Fsp3) is 0.750. The van der Waals surface area contributed by atoms with Crippen LogP contribution in [-0.2, 0) is 13.3 Å². The van der Waals surface area contributed by atoms with Gasteiger partial charge >= 0.3 is 8.80 Å². The quantitative estimate of drug-likeness (QED) is 0.392. The molecule has 0 aliphatic rings. The summed E-state index contributed by atoms with van der Waals surface area (Å²) >= 11 is 0. The molecule has 0 aromatic carbocycles. The number of hydrogen-bond donors (Lipinski definition) is 2. The first-order chi connectivity index (χ1) is 5.74. The molecule has 0 heterocycles. The smallest absolute Gasteiger partial charge is 0.377 e. The third kappa shape index (κ3) is 6.25. The van der Waals surface area contributed by atoms with E-state index in [1.54, 1.807) is 21.3 Å². The van der Waals surface area contributed by atoms with Gasteiger partial charge in [0.05, 0.1) is 0 Å². The zero-order valence-electron chi connectivity index (χ0n) is 9.54. The Bertz CT molecular complexity index is 123. The van der Waals surface area contributed by atoms with E-state index in [0.717, 1.165) is 18.9 Å². The Morgan fingerprint density at radius 3 is 1.79 bits per heavy atom. The Labute approximate surface area is 88.0 Å². The van der Waals surface area contributed by atoms with E-state index in [9.17, 15) is 0 Å². The molecule has 6 heteroatoms. The van der Waals surface area contributed by atoms with Crippen LogP contribution >= 0.6 is 0 Å². The van der Waals surface area contributed by atoms with Gasteiger partial charge in [-0.3, -0.25) is 0 Å². The first kappa shape index (κ1) is 19.3. The molecule has 5 nitrogen and oxygen atoms in total. The molecule has 0 fully saturated rings. The summed E-state index contributed by atoms with van der Waals surface area (Å²) in [5.41, 5.74) is 0. The standard InChI is InChI=1S/C8H18O3Si.2H3N/c1-5-6-7-8-12(9-2,10-3)11-4;;/h5H,1,6-8H2,2-4H3;2*1H3. The van der Waals surface area contributed by atoms with Crippen molar-refractivity contribution >= 4 is 8.80 Å². The van der Waals surface area contributed by atoms with Crippen LogP contribution in [0.1, 0.15) is 12.8 Å². The fourth-order valence-corrected chi connectivity index (χ4v) is 2.77. The lowest BCUT2D eigenvalue weighted by Crippen LogP contribution is -2.42. The summed E-state index contributed by atoms with van der Waals surface area (Å²) < 4.78 is 15.7. The highest BCUT2D eigenvalue weighted by molar-refractivity contribution is 6.60. The molecular weight excluding hydrogens is 200 g/mol. The molecule has 0 aromatic rings. The van der Waals surface area contributed by atoms with E-state index in [0.29, 0.717) is 0 Å². The Balaban J connectivity index is -0.000000605.